The summed E-state index contributed by atoms with van der Waals surface area (Å²) in [4.78, 5) is 36.6. The van der Waals surface area contributed by atoms with Gasteiger partial charge in [0.25, 0.3) is 0 Å². The van der Waals surface area contributed by atoms with Crippen molar-refractivity contribution in [2.24, 2.45) is 5.41 Å². The van der Waals surface area contributed by atoms with Gasteiger partial charge in [0.2, 0.25) is 0 Å². The van der Waals surface area contributed by atoms with Crippen LogP contribution in [0.1, 0.15) is 42.5 Å². The molecule has 3 aromatic rings. The Kier molecular flexibility index (Phi) is 6.91. The summed E-state index contributed by atoms with van der Waals surface area (Å²) in [5.41, 5.74) is 1.54. The monoisotopic (exact) mass is 478 g/mol. The number of amides is 2. The van der Waals surface area contributed by atoms with E-state index in [0.717, 1.165) is 36.1 Å². The van der Waals surface area contributed by atoms with E-state index in [4.69, 9.17) is 0 Å². The van der Waals surface area contributed by atoms with E-state index in [-0.39, 0.29) is 17.9 Å². The van der Waals surface area contributed by atoms with Crippen molar-refractivity contribution in [3.05, 3.63) is 83.9 Å². The number of hydrogen-bond acceptors (Lipinski definition) is 3. The number of rotatable bonds is 7. The first-order valence-electron chi connectivity index (χ1n) is 11.3. The van der Waals surface area contributed by atoms with Crippen LogP contribution in [0.4, 0.5) is 25.0 Å². The molecule has 180 valence electrons. The smallest absolute Gasteiger partial charge is 0.323 e. The number of hydrogen-bond donors (Lipinski definition) is 3. The number of aliphatic carboxylic acids is 1. The van der Waals surface area contributed by atoms with Crippen molar-refractivity contribution in [1.29, 1.82) is 0 Å². The molecule has 0 unspecified atom stereocenters. The van der Waals surface area contributed by atoms with Crippen LogP contribution in [0.2, 0.25) is 0 Å². The lowest BCUT2D eigenvalue weighted by atomic mass is 9.80. The molecule has 35 heavy (non-hydrogen) atoms. The third-order valence-corrected chi connectivity index (χ3v) is 6.38. The van der Waals surface area contributed by atoms with Crippen LogP contribution < -0.4 is 10.6 Å². The fourth-order valence-electron chi connectivity index (χ4n) is 4.40. The van der Waals surface area contributed by atoms with E-state index in [9.17, 15) is 28.3 Å². The van der Waals surface area contributed by atoms with Gasteiger partial charge in [0.05, 0.1) is 11.1 Å². The maximum atomic E-state index is 13.7. The fraction of sp³-hybridized carbons (Fsp3) is 0.222. The zero-order valence-electron chi connectivity index (χ0n) is 18.8. The molecule has 4 rings (SSSR count). The Morgan fingerprint density at radius 2 is 1.43 bits per heavy atom. The van der Waals surface area contributed by atoms with Gasteiger partial charge in [0.15, 0.2) is 5.78 Å². The lowest BCUT2D eigenvalue weighted by Gasteiger charge is -2.22. The summed E-state index contributed by atoms with van der Waals surface area (Å²) in [6, 6.07) is 16.1. The molecule has 1 aliphatic rings. The number of anilines is 2. The summed E-state index contributed by atoms with van der Waals surface area (Å²) in [5.74, 6) is -2.69. The Balaban J connectivity index is 1.38. The van der Waals surface area contributed by atoms with Crippen LogP contribution in [0.15, 0.2) is 66.7 Å². The first-order chi connectivity index (χ1) is 16.8. The van der Waals surface area contributed by atoms with Gasteiger partial charge in [0, 0.05) is 23.7 Å². The minimum absolute atomic E-state index is 0.00588. The van der Waals surface area contributed by atoms with Crippen molar-refractivity contribution in [3.8, 4) is 11.1 Å². The van der Waals surface area contributed by atoms with Crippen molar-refractivity contribution in [2.75, 3.05) is 10.6 Å². The van der Waals surface area contributed by atoms with Crippen LogP contribution >= 0.6 is 0 Å². The van der Waals surface area contributed by atoms with Crippen LogP contribution in [0.5, 0.6) is 0 Å². The molecular formula is C27H24F2N2O4. The third-order valence-electron chi connectivity index (χ3n) is 6.38. The number of carbonyl (C=O) groups excluding carboxylic acids is 2. The zero-order valence-corrected chi connectivity index (χ0v) is 18.8. The van der Waals surface area contributed by atoms with E-state index in [2.05, 4.69) is 10.6 Å². The summed E-state index contributed by atoms with van der Waals surface area (Å²) < 4.78 is 26.7. The number of ketones is 1. The number of carbonyl (C=O) groups is 3. The summed E-state index contributed by atoms with van der Waals surface area (Å²) in [7, 11) is 0. The number of benzene rings is 3. The molecule has 1 aliphatic carbocycles. The number of carboxylic acids is 1. The first-order valence-corrected chi connectivity index (χ1v) is 11.3. The van der Waals surface area contributed by atoms with Crippen LogP contribution in [-0.2, 0) is 4.79 Å². The number of carboxylic acid groups (broad SMARTS) is 1. The van der Waals surface area contributed by atoms with Crippen molar-refractivity contribution in [1.82, 2.24) is 0 Å². The summed E-state index contributed by atoms with van der Waals surface area (Å²) in [6.07, 6.45) is 2.72. The Labute approximate surface area is 201 Å². The summed E-state index contributed by atoms with van der Waals surface area (Å²) in [6.45, 7) is 0. The Morgan fingerprint density at radius 3 is 2.00 bits per heavy atom. The minimum atomic E-state index is -0.951. The molecule has 0 aromatic heterocycles. The molecule has 3 aromatic carbocycles. The van der Waals surface area contributed by atoms with Crippen molar-refractivity contribution in [2.45, 2.75) is 32.1 Å². The maximum absolute atomic E-state index is 13.7. The lowest BCUT2D eigenvalue weighted by molar-refractivity contribution is -0.148. The van der Waals surface area contributed by atoms with Crippen LogP contribution in [0.25, 0.3) is 11.1 Å². The van der Waals surface area contributed by atoms with E-state index >= 15 is 0 Å². The lowest BCUT2D eigenvalue weighted by Crippen LogP contribution is -2.30. The Morgan fingerprint density at radius 1 is 0.829 bits per heavy atom. The maximum Gasteiger partial charge on any atom is 0.323 e. The van der Waals surface area contributed by atoms with Gasteiger partial charge in [-0.1, -0.05) is 49.2 Å². The molecule has 6 nitrogen and oxygen atoms in total. The predicted molar refractivity (Wildman–Crippen MR) is 128 cm³/mol. The normalized spacial score (nSPS) is 14.3. The van der Waals surface area contributed by atoms with E-state index in [1.54, 1.807) is 48.5 Å². The van der Waals surface area contributed by atoms with E-state index in [1.807, 2.05) is 0 Å². The Hall–Kier alpha value is -4.07. The van der Waals surface area contributed by atoms with Crippen molar-refractivity contribution >= 4 is 29.2 Å². The van der Waals surface area contributed by atoms with Gasteiger partial charge in [-0.05, 0) is 48.2 Å². The molecule has 0 saturated heterocycles. The summed E-state index contributed by atoms with van der Waals surface area (Å²) >= 11 is 0. The SMILES string of the molecule is O=C(Nc1ccc(-c2ccc(C(=O)CC3(C(=O)O)CCCC3)cc2)cc1)Nc1ccc(F)cc1F. The molecule has 8 heteroatoms. The quantitative estimate of drug-likeness (QED) is 0.338. The van der Waals surface area contributed by atoms with Crippen LogP contribution in [-0.4, -0.2) is 22.9 Å². The second-order valence-corrected chi connectivity index (χ2v) is 8.75. The number of nitrogens with one attached hydrogen (secondary N) is 2. The summed E-state index contributed by atoms with van der Waals surface area (Å²) in [5, 5.41) is 14.5. The standard InChI is InChI=1S/C27H24F2N2O4/c28-20-9-12-23(22(29)15-20)31-26(35)30-21-10-7-18(8-11-21)17-3-5-19(6-4-17)24(32)16-27(25(33)34)13-1-2-14-27/h3-12,15H,1-2,13-14,16H2,(H,33,34)(H2,30,31,35). The molecule has 0 bridgehead atoms. The molecule has 3 N–H and O–H groups in total. The average molecular weight is 478 g/mol. The number of halogens is 2. The van der Waals surface area contributed by atoms with Gasteiger partial charge in [0.1, 0.15) is 11.6 Å². The van der Waals surface area contributed by atoms with Gasteiger partial charge in [-0.3, -0.25) is 9.59 Å². The van der Waals surface area contributed by atoms with E-state index < -0.39 is 29.0 Å². The Bertz CT molecular complexity index is 1250. The molecule has 1 fully saturated rings. The molecule has 0 radical (unpaired) electrons. The van der Waals surface area contributed by atoms with Gasteiger partial charge >= 0.3 is 12.0 Å². The van der Waals surface area contributed by atoms with E-state index in [0.29, 0.717) is 30.2 Å². The molecule has 0 spiro atoms. The minimum Gasteiger partial charge on any atom is -0.481 e. The molecular weight excluding hydrogens is 454 g/mol. The van der Waals surface area contributed by atoms with Gasteiger partial charge in [-0.15, -0.1) is 0 Å². The highest BCUT2D eigenvalue weighted by molar-refractivity contribution is 6.00. The predicted octanol–water partition coefficient (Wildman–Crippen LogP) is 6.49. The van der Waals surface area contributed by atoms with Crippen LogP contribution in [0.3, 0.4) is 0 Å². The largest absolute Gasteiger partial charge is 0.481 e. The van der Waals surface area contributed by atoms with E-state index in [1.165, 1.54) is 0 Å². The highest BCUT2D eigenvalue weighted by Gasteiger charge is 2.42. The van der Waals surface area contributed by atoms with Gasteiger partial charge < -0.3 is 15.7 Å². The molecule has 0 aliphatic heterocycles. The molecule has 2 amide bonds. The molecule has 0 atom stereocenters. The highest BCUT2D eigenvalue weighted by Crippen LogP contribution is 2.42. The third kappa shape index (κ3) is 5.54. The number of Topliss-reactive ketones (excluding diaryl/α,β-unsaturated/α-hetero) is 1. The highest BCUT2D eigenvalue weighted by atomic mass is 19.1. The second-order valence-electron chi connectivity index (χ2n) is 8.75. The van der Waals surface area contributed by atoms with Crippen molar-refractivity contribution < 1.29 is 28.3 Å². The number of urea groups is 1. The van der Waals surface area contributed by atoms with Crippen molar-refractivity contribution in [3.63, 3.8) is 0 Å². The average Bonchev–Trinajstić information content (AvgIpc) is 3.31. The molecule has 0 heterocycles. The zero-order chi connectivity index (χ0) is 25.0. The van der Waals surface area contributed by atoms with Gasteiger partial charge in [-0.25, -0.2) is 13.6 Å². The topological polar surface area (TPSA) is 95.5 Å². The molecule has 1 saturated carbocycles. The fourth-order valence-corrected chi connectivity index (χ4v) is 4.40. The second kappa shape index (κ2) is 10.0. The first kappa shape index (κ1) is 24.1. The van der Waals surface area contributed by atoms with Crippen LogP contribution in [0, 0.1) is 17.0 Å². The van der Waals surface area contributed by atoms with Gasteiger partial charge in [-0.2, -0.15) is 0 Å².